The second-order valence-electron chi connectivity index (χ2n) is 3.83. The first kappa shape index (κ1) is 18.2. The van der Waals surface area contributed by atoms with Gasteiger partial charge in [0.05, 0.1) is 23.4 Å². The van der Waals surface area contributed by atoms with Crippen LogP contribution < -0.4 is 15.8 Å². The highest BCUT2D eigenvalue weighted by Crippen LogP contribution is 2.28. The molecule has 0 radical (unpaired) electrons. The van der Waals surface area contributed by atoms with E-state index in [9.17, 15) is 4.79 Å². The van der Waals surface area contributed by atoms with Crippen molar-refractivity contribution < 1.29 is 9.53 Å². The van der Waals surface area contributed by atoms with Gasteiger partial charge < -0.3 is 15.8 Å². The molecule has 0 spiro atoms. The van der Waals surface area contributed by atoms with Gasteiger partial charge in [0.2, 0.25) is 0 Å². The van der Waals surface area contributed by atoms with Crippen LogP contribution in [0, 0.1) is 0 Å². The summed E-state index contributed by atoms with van der Waals surface area (Å²) in [5.41, 5.74) is 6.45. The molecule has 1 atom stereocenters. The lowest BCUT2D eigenvalue weighted by Gasteiger charge is -2.13. The highest BCUT2D eigenvalue weighted by Gasteiger charge is 2.15. The highest BCUT2D eigenvalue weighted by molar-refractivity contribution is 7.99. The number of ether oxygens (including phenoxy) is 1. The number of hydrogen-bond acceptors (Lipinski definition) is 4. The SMILES string of the molecule is COc1cc(N)c(Cl)cc1C(=O)NCC(C)SC.Cl. The third-order valence-electron chi connectivity index (χ3n) is 2.52. The van der Waals surface area contributed by atoms with E-state index >= 15 is 0 Å². The Bertz CT molecular complexity index is 444. The number of nitrogens with one attached hydrogen (secondary N) is 1. The number of rotatable bonds is 5. The van der Waals surface area contributed by atoms with Gasteiger partial charge in [-0.15, -0.1) is 12.4 Å². The molecule has 1 rings (SSSR count). The Labute approximate surface area is 128 Å². The van der Waals surface area contributed by atoms with Crippen molar-refractivity contribution in [2.75, 3.05) is 25.6 Å². The van der Waals surface area contributed by atoms with Gasteiger partial charge in [-0.05, 0) is 12.3 Å². The number of carbonyl (C=O) groups excluding carboxylic acids is 1. The molecule has 1 aromatic rings. The molecule has 1 aromatic carbocycles. The van der Waals surface area contributed by atoms with Crippen molar-refractivity contribution in [3.05, 3.63) is 22.7 Å². The number of benzene rings is 1. The van der Waals surface area contributed by atoms with Crippen molar-refractivity contribution >= 4 is 47.4 Å². The first-order chi connectivity index (χ1) is 8.49. The zero-order valence-electron chi connectivity index (χ0n) is 11.0. The summed E-state index contributed by atoms with van der Waals surface area (Å²) in [5, 5.41) is 3.53. The molecule has 0 bridgehead atoms. The van der Waals surface area contributed by atoms with Crippen LogP contribution in [0.15, 0.2) is 12.1 Å². The van der Waals surface area contributed by atoms with Crippen LogP contribution in [0.2, 0.25) is 5.02 Å². The van der Waals surface area contributed by atoms with E-state index in [0.29, 0.717) is 33.8 Å². The Balaban J connectivity index is 0.00000324. The lowest BCUT2D eigenvalue weighted by Crippen LogP contribution is -2.29. The van der Waals surface area contributed by atoms with E-state index in [4.69, 9.17) is 22.1 Å². The monoisotopic (exact) mass is 324 g/mol. The fourth-order valence-corrected chi connectivity index (χ4v) is 1.74. The molecule has 1 unspecified atom stereocenters. The van der Waals surface area contributed by atoms with Crippen molar-refractivity contribution in [3.63, 3.8) is 0 Å². The standard InChI is InChI=1S/C12H17ClN2O2S.ClH/c1-7(18-3)6-15-12(16)8-4-9(13)10(14)5-11(8)17-2;/h4-5,7H,6,14H2,1-3H3,(H,15,16);1H. The number of carbonyl (C=O) groups is 1. The third-order valence-corrected chi connectivity index (χ3v) is 3.81. The molecule has 4 nitrogen and oxygen atoms in total. The summed E-state index contributed by atoms with van der Waals surface area (Å²) >= 11 is 7.60. The Morgan fingerprint density at radius 3 is 2.74 bits per heavy atom. The molecule has 0 aliphatic heterocycles. The summed E-state index contributed by atoms with van der Waals surface area (Å²) in [6.07, 6.45) is 2.00. The Morgan fingerprint density at radius 1 is 1.58 bits per heavy atom. The lowest BCUT2D eigenvalue weighted by molar-refractivity contribution is 0.0951. The Morgan fingerprint density at radius 2 is 2.21 bits per heavy atom. The summed E-state index contributed by atoms with van der Waals surface area (Å²) < 4.78 is 5.13. The zero-order chi connectivity index (χ0) is 13.7. The molecule has 0 saturated carbocycles. The second kappa shape index (κ2) is 8.40. The predicted octanol–water partition coefficient (Wildman–Crippen LogP) is 2.83. The fraction of sp³-hybridized carbons (Fsp3) is 0.417. The highest BCUT2D eigenvalue weighted by atomic mass is 35.5. The molecule has 7 heteroatoms. The Hall–Kier alpha value is -0.780. The van der Waals surface area contributed by atoms with Crippen LogP contribution >= 0.6 is 35.8 Å². The topological polar surface area (TPSA) is 64.3 Å². The van der Waals surface area contributed by atoms with Gasteiger partial charge in [-0.1, -0.05) is 18.5 Å². The number of thioether (sulfide) groups is 1. The van der Waals surface area contributed by atoms with Crippen LogP contribution in [-0.4, -0.2) is 31.1 Å². The van der Waals surface area contributed by atoms with Gasteiger partial charge in [-0.3, -0.25) is 4.79 Å². The van der Waals surface area contributed by atoms with E-state index in [-0.39, 0.29) is 18.3 Å². The van der Waals surface area contributed by atoms with Gasteiger partial charge in [0.25, 0.3) is 5.91 Å². The van der Waals surface area contributed by atoms with Gasteiger partial charge >= 0.3 is 0 Å². The number of anilines is 1. The van der Waals surface area contributed by atoms with Crippen LogP contribution in [-0.2, 0) is 0 Å². The minimum Gasteiger partial charge on any atom is -0.496 e. The van der Waals surface area contributed by atoms with Gasteiger partial charge in [0.1, 0.15) is 5.75 Å². The molecule has 1 amide bonds. The van der Waals surface area contributed by atoms with E-state index in [0.717, 1.165) is 0 Å². The quantitative estimate of drug-likeness (QED) is 0.817. The van der Waals surface area contributed by atoms with E-state index in [1.54, 1.807) is 17.8 Å². The summed E-state index contributed by atoms with van der Waals surface area (Å²) in [7, 11) is 1.49. The first-order valence-electron chi connectivity index (χ1n) is 5.43. The zero-order valence-corrected chi connectivity index (χ0v) is 13.4. The molecular weight excluding hydrogens is 307 g/mol. The fourth-order valence-electron chi connectivity index (χ4n) is 1.33. The van der Waals surface area contributed by atoms with Crippen molar-refractivity contribution in [1.29, 1.82) is 0 Å². The molecule has 0 fully saturated rings. The maximum Gasteiger partial charge on any atom is 0.255 e. The maximum absolute atomic E-state index is 12.0. The van der Waals surface area contributed by atoms with E-state index in [1.165, 1.54) is 13.2 Å². The second-order valence-corrected chi connectivity index (χ2v) is 5.51. The number of nitrogens with two attached hydrogens (primary N) is 1. The van der Waals surface area contributed by atoms with Crippen molar-refractivity contribution in [3.8, 4) is 5.75 Å². The van der Waals surface area contributed by atoms with Crippen LogP contribution in [0.4, 0.5) is 5.69 Å². The van der Waals surface area contributed by atoms with Gasteiger partial charge in [-0.2, -0.15) is 11.8 Å². The Kier molecular flexibility index (Phi) is 8.06. The van der Waals surface area contributed by atoms with Crippen LogP contribution in [0.5, 0.6) is 5.75 Å². The largest absolute Gasteiger partial charge is 0.496 e. The van der Waals surface area contributed by atoms with Crippen molar-refractivity contribution in [1.82, 2.24) is 5.32 Å². The third kappa shape index (κ3) is 5.01. The number of methoxy groups -OCH3 is 1. The number of hydrogen-bond donors (Lipinski definition) is 2. The number of halogens is 2. The van der Waals surface area contributed by atoms with Gasteiger partial charge in [0, 0.05) is 17.9 Å². The molecule has 0 heterocycles. The van der Waals surface area contributed by atoms with E-state index in [1.807, 2.05) is 13.2 Å². The maximum atomic E-state index is 12.0. The first-order valence-corrected chi connectivity index (χ1v) is 7.10. The normalized spacial score (nSPS) is 11.4. The number of nitrogen functional groups attached to an aromatic ring is 1. The minimum absolute atomic E-state index is 0. The molecule has 0 aromatic heterocycles. The summed E-state index contributed by atoms with van der Waals surface area (Å²) in [6.45, 7) is 2.63. The van der Waals surface area contributed by atoms with Crippen molar-refractivity contribution in [2.45, 2.75) is 12.2 Å². The number of amides is 1. The van der Waals surface area contributed by atoms with Gasteiger partial charge in [0.15, 0.2) is 0 Å². The van der Waals surface area contributed by atoms with E-state index < -0.39 is 0 Å². The van der Waals surface area contributed by atoms with Crippen LogP contribution in [0.1, 0.15) is 17.3 Å². The minimum atomic E-state index is -0.213. The summed E-state index contributed by atoms with van der Waals surface area (Å²) in [6, 6.07) is 3.07. The van der Waals surface area contributed by atoms with E-state index in [2.05, 4.69) is 5.32 Å². The average Bonchev–Trinajstić information content (AvgIpc) is 2.37. The summed E-state index contributed by atoms with van der Waals surface area (Å²) in [5.74, 6) is 0.209. The van der Waals surface area contributed by atoms with Gasteiger partial charge in [-0.25, -0.2) is 0 Å². The molecule has 3 N–H and O–H groups in total. The molecule has 19 heavy (non-hydrogen) atoms. The molecular formula is C12H18Cl2N2O2S. The van der Waals surface area contributed by atoms with Crippen molar-refractivity contribution in [2.24, 2.45) is 0 Å². The average molecular weight is 325 g/mol. The predicted molar refractivity (Wildman–Crippen MR) is 85.0 cm³/mol. The molecule has 0 aliphatic carbocycles. The van der Waals surface area contributed by atoms with Crippen LogP contribution in [0.25, 0.3) is 0 Å². The smallest absolute Gasteiger partial charge is 0.255 e. The molecule has 108 valence electrons. The molecule has 0 aliphatic rings. The molecule has 0 saturated heterocycles. The summed E-state index contributed by atoms with van der Waals surface area (Å²) in [4.78, 5) is 12.0. The van der Waals surface area contributed by atoms with Crippen LogP contribution in [0.3, 0.4) is 0 Å². The lowest BCUT2D eigenvalue weighted by atomic mass is 10.1.